The van der Waals surface area contributed by atoms with Crippen molar-refractivity contribution in [3.05, 3.63) is 11.6 Å². The molecule has 0 bridgehead atoms. The summed E-state index contributed by atoms with van der Waals surface area (Å²) in [6.45, 7) is 5.97. The first-order valence-electron chi connectivity index (χ1n) is 4.34. The van der Waals surface area contributed by atoms with E-state index < -0.39 is 6.10 Å². The van der Waals surface area contributed by atoms with E-state index in [-0.39, 0.29) is 5.92 Å². The fraction of sp³-hybridized carbons (Fsp3) is 0.700. The number of hydrogen-bond acceptors (Lipinski definition) is 2. The Morgan fingerprint density at radius 1 is 1.50 bits per heavy atom. The Hall–Kier alpha value is -0.630. The van der Waals surface area contributed by atoms with Gasteiger partial charge in [-0.25, -0.2) is 0 Å². The quantitative estimate of drug-likeness (QED) is 0.505. The Morgan fingerprint density at radius 3 is 2.50 bits per heavy atom. The van der Waals surface area contributed by atoms with Crippen molar-refractivity contribution >= 4 is 6.29 Å². The molecule has 0 saturated heterocycles. The van der Waals surface area contributed by atoms with Gasteiger partial charge in [-0.15, -0.1) is 0 Å². The molecule has 0 radical (unpaired) electrons. The third-order valence-electron chi connectivity index (χ3n) is 1.90. The Kier molecular flexibility index (Phi) is 5.64. The summed E-state index contributed by atoms with van der Waals surface area (Å²) in [5, 5.41) is 9.10. The summed E-state index contributed by atoms with van der Waals surface area (Å²) >= 11 is 0. The van der Waals surface area contributed by atoms with E-state index >= 15 is 0 Å². The van der Waals surface area contributed by atoms with Crippen LogP contribution in [0.5, 0.6) is 0 Å². The van der Waals surface area contributed by atoms with Gasteiger partial charge in [-0.3, -0.25) is 0 Å². The molecule has 0 heterocycles. The van der Waals surface area contributed by atoms with Gasteiger partial charge in [-0.2, -0.15) is 0 Å². The number of aliphatic hydroxyl groups excluding tert-OH is 1. The van der Waals surface area contributed by atoms with Gasteiger partial charge in [0.05, 0.1) is 0 Å². The maximum atomic E-state index is 10.2. The molecule has 0 fully saturated rings. The van der Waals surface area contributed by atoms with Gasteiger partial charge in [0, 0.05) is 0 Å². The van der Waals surface area contributed by atoms with Crippen molar-refractivity contribution in [2.45, 2.75) is 39.7 Å². The molecule has 2 atom stereocenters. The lowest BCUT2D eigenvalue weighted by Gasteiger charge is -2.11. The van der Waals surface area contributed by atoms with Gasteiger partial charge in [0.1, 0.15) is 12.4 Å². The summed E-state index contributed by atoms with van der Waals surface area (Å²) in [7, 11) is 0. The highest BCUT2D eigenvalue weighted by Crippen LogP contribution is 2.10. The van der Waals surface area contributed by atoms with Crippen molar-refractivity contribution < 1.29 is 9.90 Å². The number of aldehydes is 1. The molecule has 2 nitrogen and oxygen atoms in total. The topological polar surface area (TPSA) is 37.3 Å². The first-order valence-corrected chi connectivity index (χ1v) is 4.34. The molecule has 0 rings (SSSR count). The summed E-state index contributed by atoms with van der Waals surface area (Å²) in [6.07, 6.45) is 3.73. The number of aliphatic hydroxyl groups is 1. The molecule has 0 aliphatic rings. The smallest absolute Gasteiger partial charge is 0.148 e. The van der Waals surface area contributed by atoms with Gasteiger partial charge in [0.15, 0.2) is 0 Å². The van der Waals surface area contributed by atoms with E-state index in [1.165, 1.54) is 5.57 Å². The second-order valence-corrected chi connectivity index (χ2v) is 3.46. The van der Waals surface area contributed by atoms with Crippen molar-refractivity contribution in [2.75, 3.05) is 0 Å². The minimum Gasteiger partial charge on any atom is -0.385 e. The first-order chi connectivity index (χ1) is 5.57. The summed E-state index contributed by atoms with van der Waals surface area (Å²) in [6, 6.07) is 0. The van der Waals surface area contributed by atoms with Crippen molar-refractivity contribution in [1.29, 1.82) is 0 Å². The lowest BCUT2D eigenvalue weighted by atomic mass is 9.99. The monoisotopic (exact) mass is 170 g/mol. The highest BCUT2D eigenvalue weighted by molar-refractivity contribution is 5.55. The van der Waals surface area contributed by atoms with Crippen LogP contribution >= 0.6 is 0 Å². The van der Waals surface area contributed by atoms with Crippen LogP contribution in [0.2, 0.25) is 0 Å². The lowest BCUT2D eigenvalue weighted by Crippen LogP contribution is -2.18. The van der Waals surface area contributed by atoms with E-state index in [9.17, 15) is 4.79 Å². The molecule has 70 valence electrons. The van der Waals surface area contributed by atoms with Crippen LogP contribution in [-0.2, 0) is 4.79 Å². The van der Waals surface area contributed by atoms with Crippen LogP contribution in [0, 0.1) is 5.92 Å². The zero-order chi connectivity index (χ0) is 9.56. The predicted octanol–water partition coefficient (Wildman–Crippen LogP) is 1.93. The molecule has 1 N–H and O–H groups in total. The van der Waals surface area contributed by atoms with Crippen molar-refractivity contribution in [1.82, 2.24) is 0 Å². The number of carbonyl (C=O) groups excluding carboxylic acids is 1. The molecule has 0 aromatic carbocycles. The fourth-order valence-electron chi connectivity index (χ4n) is 0.940. The van der Waals surface area contributed by atoms with E-state index in [1.807, 2.05) is 20.8 Å². The predicted molar refractivity (Wildman–Crippen MR) is 49.9 cm³/mol. The summed E-state index contributed by atoms with van der Waals surface area (Å²) in [5.74, 6) is 0.0677. The van der Waals surface area contributed by atoms with Gasteiger partial charge in [0.25, 0.3) is 0 Å². The van der Waals surface area contributed by atoms with Crippen LogP contribution in [0.4, 0.5) is 0 Å². The number of rotatable bonds is 5. The maximum absolute atomic E-state index is 10.2. The van der Waals surface area contributed by atoms with Gasteiger partial charge in [-0.1, -0.05) is 18.6 Å². The van der Waals surface area contributed by atoms with E-state index in [0.717, 1.165) is 12.8 Å². The lowest BCUT2D eigenvalue weighted by molar-refractivity contribution is -0.117. The number of carbonyl (C=O) groups is 1. The van der Waals surface area contributed by atoms with Crippen LogP contribution in [-0.4, -0.2) is 17.5 Å². The maximum Gasteiger partial charge on any atom is 0.148 e. The van der Waals surface area contributed by atoms with Crippen molar-refractivity contribution in [3.8, 4) is 0 Å². The SMILES string of the molecule is CC(C)=CCCC(C)C(O)C=O. The van der Waals surface area contributed by atoms with Gasteiger partial charge >= 0.3 is 0 Å². The average Bonchev–Trinajstić information content (AvgIpc) is 2.02. The van der Waals surface area contributed by atoms with E-state index in [0.29, 0.717) is 6.29 Å². The minimum atomic E-state index is -0.796. The summed E-state index contributed by atoms with van der Waals surface area (Å²) in [5.41, 5.74) is 1.28. The fourth-order valence-corrected chi connectivity index (χ4v) is 0.940. The standard InChI is InChI=1S/C10H18O2/c1-8(2)5-4-6-9(3)10(12)7-11/h5,7,9-10,12H,4,6H2,1-3H3. The largest absolute Gasteiger partial charge is 0.385 e. The van der Waals surface area contributed by atoms with Gasteiger partial charge < -0.3 is 9.90 Å². The van der Waals surface area contributed by atoms with E-state index in [1.54, 1.807) is 0 Å². The van der Waals surface area contributed by atoms with Crippen LogP contribution < -0.4 is 0 Å². The van der Waals surface area contributed by atoms with E-state index in [2.05, 4.69) is 6.08 Å². The molecule has 0 aliphatic carbocycles. The minimum absolute atomic E-state index is 0.0677. The van der Waals surface area contributed by atoms with Crippen LogP contribution in [0.25, 0.3) is 0 Å². The Morgan fingerprint density at radius 2 is 2.08 bits per heavy atom. The van der Waals surface area contributed by atoms with Crippen molar-refractivity contribution in [3.63, 3.8) is 0 Å². The van der Waals surface area contributed by atoms with Crippen molar-refractivity contribution in [2.24, 2.45) is 5.92 Å². The molecule has 2 unspecified atom stereocenters. The first kappa shape index (κ1) is 11.4. The highest BCUT2D eigenvalue weighted by Gasteiger charge is 2.11. The second kappa shape index (κ2) is 5.95. The zero-order valence-corrected chi connectivity index (χ0v) is 8.08. The molecule has 0 amide bonds. The summed E-state index contributed by atoms with van der Waals surface area (Å²) in [4.78, 5) is 10.2. The second-order valence-electron chi connectivity index (χ2n) is 3.46. The third kappa shape index (κ3) is 5.08. The molecule has 0 aliphatic heterocycles. The Bertz CT molecular complexity index is 157. The zero-order valence-electron chi connectivity index (χ0n) is 8.08. The van der Waals surface area contributed by atoms with E-state index in [4.69, 9.17) is 5.11 Å². The van der Waals surface area contributed by atoms with Gasteiger partial charge in [-0.05, 0) is 32.6 Å². The molecule has 0 spiro atoms. The van der Waals surface area contributed by atoms with Crippen LogP contribution in [0.1, 0.15) is 33.6 Å². The van der Waals surface area contributed by atoms with Gasteiger partial charge in [0.2, 0.25) is 0 Å². The molecule has 0 aromatic heterocycles. The molecular formula is C10H18O2. The Balaban J connectivity index is 3.63. The molecule has 0 aromatic rings. The summed E-state index contributed by atoms with van der Waals surface area (Å²) < 4.78 is 0. The average molecular weight is 170 g/mol. The molecule has 0 saturated carbocycles. The highest BCUT2D eigenvalue weighted by atomic mass is 16.3. The third-order valence-corrected chi connectivity index (χ3v) is 1.90. The van der Waals surface area contributed by atoms with Crippen LogP contribution in [0.3, 0.4) is 0 Å². The molecule has 12 heavy (non-hydrogen) atoms. The molecular weight excluding hydrogens is 152 g/mol. The normalized spacial score (nSPS) is 15.0. The number of allylic oxidation sites excluding steroid dienone is 2. The Labute approximate surface area is 74.3 Å². The number of hydrogen-bond donors (Lipinski definition) is 1. The molecule has 2 heteroatoms. The van der Waals surface area contributed by atoms with Crippen LogP contribution in [0.15, 0.2) is 11.6 Å².